The van der Waals surface area contributed by atoms with E-state index < -0.39 is 12.1 Å². The molecule has 0 spiro atoms. The number of hydrogen-bond acceptors (Lipinski definition) is 3. The first kappa shape index (κ1) is 14.9. The van der Waals surface area contributed by atoms with Crippen molar-refractivity contribution in [3.05, 3.63) is 35.6 Å². The summed E-state index contributed by atoms with van der Waals surface area (Å²) in [4.78, 5) is 12.8. The van der Waals surface area contributed by atoms with Gasteiger partial charge in [-0.2, -0.15) is 0 Å². The monoisotopic (exact) mass is 281 g/mol. The number of benzene rings is 1. The second-order valence-electron chi connectivity index (χ2n) is 5.30. The summed E-state index contributed by atoms with van der Waals surface area (Å²) in [6.07, 6.45) is 0.472. The zero-order valence-electron chi connectivity index (χ0n) is 11.8. The number of nitrogens with zero attached hydrogens (tertiary/aromatic N) is 1. The first-order valence-electron chi connectivity index (χ1n) is 6.82. The Morgan fingerprint density at radius 1 is 1.50 bits per heavy atom. The Kier molecular flexibility index (Phi) is 4.73. The van der Waals surface area contributed by atoms with Gasteiger partial charge in [-0.1, -0.05) is 18.2 Å². The molecule has 1 aromatic carbocycles. The molecule has 3 unspecified atom stereocenters. The molecule has 5 heteroatoms. The van der Waals surface area contributed by atoms with E-state index in [1.165, 1.54) is 6.07 Å². The standard InChI is InChI=1S/C15H20FNO3/c1-10(12-5-3-4-6-13(12)16)17(2)9-11-7-8-14(20-11)15(18)19/h3-6,10-11,14H,7-9H2,1-2H3,(H,18,19). The number of ether oxygens (including phenoxy) is 1. The van der Waals surface area contributed by atoms with Crippen LogP contribution in [0.2, 0.25) is 0 Å². The quantitative estimate of drug-likeness (QED) is 0.900. The van der Waals surface area contributed by atoms with Crippen molar-refractivity contribution in [2.75, 3.05) is 13.6 Å². The lowest BCUT2D eigenvalue weighted by molar-refractivity contribution is -0.149. The highest BCUT2D eigenvalue weighted by molar-refractivity contribution is 5.72. The first-order chi connectivity index (χ1) is 9.49. The molecule has 1 heterocycles. The van der Waals surface area contributed by atoms with Crippen LogP contribution in [0.25, 0.3) is 0 Å². The van der Waals surface area contributed by atoms with Crippen LogP contribution in [0, 0.1) is 5.82 Å². The Labute approximate surface area is 118 Å². The minimum absolute atomic E-state index is 0.0799. The van der Waals surface area contributed by atoms with E-state index in [4.69, 9.17) is 9.84 Å². The lowest BCUT2D eigenvalue weighted by Crippen LogP contribution is -2.32. The molecule has 4 nitrogen and oxygen atoms in total. The van der Waals surface area contributed by atoms with Crippen LogP contribution in [0.15, 0.2) is 24.3 Å². The lowest BCUT2D eigenvalue weighted by Gasteiger charge is -2.27. The van der Waals surface area contributed by atoms with E-state index in [9.17, 15) is 9.18 Å². The van der Waals surface area contributed by atoms with Crippen LogP contribution >= 0.6 is 0 Å². The predicted molar refractivity (Wildman–Crippen MR) is 73.0 cm³/mol. The van der Waals surface area contributed by atoms with Crippen molar-refractivity contribution in [3.63, 3.8) is 0 Å². The average Bonchev–Trinajstić information content (AvgIpc) is 2.87. The highest BCUT2D eigenvalue weighted by Crippen LogP contribution is 2.25. The van der Waals surface area contributed by atoms with Crippen molar-refractivity contribution in [1.29, 1.82) is 0 Å². The van der Waals surface area contributed by atoms with Gasteiger partial charge < -0.3 is 9.84 Å². The molecule has 20 heavy (non-hydrogen) atoms. The number of carboxylic acids is 1. The van der Waals surface area contributed by atoms with Gasteiger partial charge >= 0.3 is 5.97 Å². The molecular formula is C15H20FNO3. The van der Waals surface area contributed by atoms with E-state index in [0.29, 0.717) is 18.5 Å². The molecule has 2 rings (SSSR count). The summed E-state index contributed by atoms with van der Waals surface area (Å²) < 4.78 is 19.2. The average molecular weight is 281 g/mol. The maximum Gasteiger partial charge on any atom is 0.332 e. The van der Waals surface area contributed by atoms with Crippen molar-refractivity contribution >= 4 is 5.97 Å². The summed E-state index contributed by atoms with van der Waals surface area (Å²) in [5, 5.41) is 8.90. The second-order valence-corrected chi connectivity index (χ2v) is 5.30. The van der Waals surface area contributed by atoms with E-state index in [0.717, 1.165) is 6.42 Å². The number of carboxylic acid groups (broad SMARTS) is 1. The van der Waals surface area contributed by atoms with Gasteiger partial charge in [-0.15, -0.1) is 0 Å². The molecule has 0 aliphatic carbocycles. The van der Waals surface area contributed by atoms with Crippen molar-refractivity contribution in [3.8, 4) is 0 Å². The SMILES string of the molecule is CC(c1ccccc1F)N(C)CC1CCC(C(=O)O)O1. The summed E-state index contributed by atoms with van der Waals surface area (Å²) in [5.74, 6) is -1.13. The summed E-state index contributed by atoms with van der Waals surface area (Å²) in [7, 11) is 1.90. The molecular weight excluding hydrogens is 261 g/mol. The van der Waals surface area contributed by atoms with Crippen molar-refractivity contribution < 1.29 is 19.0 Å². The Morgan fingerprint density at radius 2 is 2.20 bits per heavy atom. The largest absolute Gasteiger partial charge is 0.479 e. The molecule has 1 saturated heterocycles. The third-order valence-electron chi connectivity index (χ3n) is 3.89. The van der Waals surface area contributed by atoms with Gasteiger partial charge in [0.15, 0.2) is 6.10 Å². The lowest BCUT2D eigenvalue weighted by atomic mass is 10.1. The van der Waals surface area contributed by atoms with E-state index >= 15 is 0 Å². The Bertz CT molecular complexity index is 480. The molecule has 1 aliphatic rings. The van der Waals surface area contributed by atoms with Crippen molar-refractivity contribution in [2.24, 2.45) is 0 Å². The molecule has 0 amide bonds. The molecule has 1 aromatic rings. The Morgan fingerprint density at radius 3 is 2.80 bits per heavy atom. The molecule has 110 valence electrons. The van der Waals surface area contributed by atoms with Gasteiger partial charge in [-0.3, -0.25) is 4.90 Å². The molecule has 0 aromatic heterocycles. The van der Waals surface area contributed by atoms with Crippen LogP contribution < -0.4 is 0 Å². The van der Waals surface area contributed by atoms with Crippen LogP contribution in [-0.2, 0) is 9.53 Å². The summed E-state index contributed by atoms with van der Waals surface area (Å²) in [5.41, 5.74) is 0.641. The molecule has 0 radical (unpaired) electrons. The number of rotatable bonds is 5. The minimum Gasteiger partial charge on any atom is -0.479 e. The van der Waals surface area contributed by atoms with Gasteiger partial charge in [-0.05, 0) is 32.9 Å². The van der Waals surface area contributed by atoms with Gasteiger partial charge in [0.05, 0.1) is 6.10 Å². The van der Waals surface area contributed by atoms with Gasteiger partial charge in [-0.25, -0.2) is 9.18 Å². The fourth-order valence-electron chi connectivity index (χ4n) is 2.55. The smallest absolute Gasteiger partial charge is 0.332 e. The molecule has 0 saturated carbocycles. The van der Waals surface area contributed by atoms with Crippen LogP contribution in [0.4, 0.5) is 4.39 Å². The summed E-state index contributed by atoms with van der Waals surface area (Å²) in [6.45, 7) is 2.53. The predicted octanol–water partition coefficient (Wildman–Crippen LogP) is 2.45. The van der Waals surface area contributed by atoms with Crippen LogP contribution in [0.1, 0.15) is 31.4 Å². The van der Waals surface area contributed by atoms with Gasteiger partial charge in [0.1, 0.15) is 5.82 Å². The first-order valence-corrected chi connectivity index (χ1v) is 6.82. The minimum atomic E-state index is -0.905. The number of likely N-dealkylation sites (N-methyl/N-ethyl adjacent to an activating group) is 1. The second kappa shape index (κ2) is 6.33. The Hall–Kier alpha value is -1.46. The zero-order chi connectivity index (χ0) is 14.7. The topological polar surface area (TPSA) is 49.8 Å². The highest BCUT2D eigenvalue weighted by Gasteiger charge is 2.31. The van der Waals surface area contributed by atoms with E-state index in [-0.39, 0.29) is 18.0 Å². The fraction of sp³-hybridized carbons (Fsp3) is 0.533. The molecule has 1 N–H and O–H groups in total. The number of halogens is 1. The molecule has 0 bridgehead atoms. The number of hydrogen-bond donors (Lipinski definition) is 1. The third kappa shape index (κ3) is 3.35. The van der Waals surface area contributed by atoms with Crippen molar-refractivity contribution in [2.45, 2.75) is 38.0 Å². The normalized spacial score (nSPS) is 24.0. The van der Waals surface area contributed by atoms with E-state index in [1.807, 2.05) is 24.9 Å². The number of aliphatic carboxylic acids is 1. The Balaban J connectivity index is 1.94. The maximum absolute atomic E-state index is 13.7. The van der Waals surface area contributed by atoms with Gasteiger partial charge in [0, 0.05) is 18.2 Å². The zero-order valence-corrected chi connectivity index (χ0v) is 11.8. The van der Waals surface area contributed by atoms with Crippen LogP contribution in [0.3, 0.4) is 0 Å². The van der Waals surface area contributed by atoms with Crippen LogP contribution in [-0.4, -0.2) is 41.8 Å². The maximum atomic E-state index is 13.7. The molecule has 1 aliphatic heterocycles. The van der Waals surface area contributed by atoms with E-state index in [1.54, 1.807) is 12.1 Å². The summed E-state index contributed by atoms with van der Waals surface area (Å²) in [6, 6.07) is 6.63. The van der Waals surface area contributed by atoms with E-state index in [2.05, 4.69) is 0 Å². The third-order valence-corrected chi connectivity index (χ3v) is 3.89. The molecule has 1 fully saturated rings. The van der Waals surface area contributed by atoms with Crippen LogP contribution in [0.5, 0.6) is 0 Å². The van der Waals surface area contributed by atoms with Gasteiger partial charge in [0.25, 0.3) is 0 Å². The van der Waals surface area contributed by atoms with Crippen molar-refractivity contribution in [1.82, 2.24) is 4.90 Å². The molecule has 3 atom stereocenters. The fourth-order valence-corrected chi connectivity index (χ4v) is 2.55. The number of carbonyl (C=O) groups is 1. The summed E-state index contributed by atoms with van der Waals surface area (Å²) >= 11 is 0. The highest BCUT2D eigenvalue weighted by atomic mass is 19.1. The van der Waals surface area contributed by atoms with Gasteiger partial charge in [0.2, 0.25) is 0 Å².